The Labute approximate surface area is 89.1 Å². The summed E-state index contributed by atoms with van der Waals surface area (Å²) in [6.07, 6.45) is 4.33. The minimum Gasteiger partial charge on any atom is -0.344 e. The molecule has 2 heterocycles. The van der Waals surface area contributed by atoms with E-state index in [1.807, 2.05) is 6.20 Å². The Morgan fingerprint density at radius 2 is 2.64 bits per heavy atom. The summed E-state index contributed by atoms with van der Waals surface area (Å²) in [6.45, 7) is 5.61. The Bertz CT molecular complexity index is 254. The van der Waals surface area contributed by atoms with Crippen molar-refractivity contribution in [3.8, 4) is 0 Å². The molecule has 0 aliphatic carbocycles. The van der Waals surface area contributed by atoms with Gasteiger partial charge >= 0.3 is 0 Å². The number of nitrogens with one attached hydrogen (secondary N) is 1. The molecule has 14 heavy (non-hydrogen) atoms. The van der Waals surface area contributed by atoms with Gasteiger partial charge < -0.3 is 10.2 Å². The molecule has 78 valence electrons. The molecule has 1 aliphatic heterocycles. The lowest BCUT2D eigenvalue weighted by molar-refractivity contribution is 0.624. The molecule has 1 fully saturated rings. The fourth-order valence-corrected chi connectivity index (χ4v) is 2.68. The van der Waals surface area contributed by atoms with Gasteiger partial charge in [-0.2, -0.15) is 0 Å². The van der Waals surface area contributed by atoms with Crippen LogP contribution in [0.25, 0.3) is 0 Å². The fourth-order valence-electron chi connectivity index (χ4n) is 1.94. The van der Waals surface area contributed by atoms with E-state index in [4.69, 9.17) is 0 Å². The number of anilines is 1. The summed E-state index contributed by atoms with van der Waals surface area (Å²) < 4.78 is 0. The second-order valence-corrected chi connectivity index (χ2v) is 4.53. The minimum absolute atomic E-state index is 0.654. The molecule has 1 N–H and O–H groups in total. The van der Waals surface area contributed by atoms with Crippen molar-refractivity contribution in [2.24, 2.45) is 0 Å². The molecular formula is C10H17N3S. The fraction of sp³-hybridized carbons (Fsp3) is 0.700. The number of aromatic nitrogens is 1. The summed E-state index contributed by atoms with van der Waals surface area (Å²) in [7, 11) is 0. The first-order chi connectivity index (χ1) is 6.92. The third-order valence-electron chi connectivity index (χ3n) is 2.60. The molecule has 1 aromatic rings. The maximum absolute atomic E-state index is 4.40. The molecule has 1 atom stereocenters. The van der Waals surface area contributed by atoms with E-state index in [-0.39, 0.29) is 0 Å². The van der Waals surface area contributed by atoms with Crippen LogP contribution in [0.15, 0.2) is 11.6 Å². The Balaban J connectivity index is 2.06. The predicted octanol–water partition coefficient (Wildman–Crippen LogP) is 1.72. The summed E-state index contributed by atoms with van der Waals surface area (Å²) in [5.74, 6) is 0. The highest BCUT2D eigenvalue weighted by molar-refractivity contribution is 7.13. The van der Waals surface area contributed by atoms with E-state index in [0.717, 1.165) is 19.6 Å². The number of hydrogen-bond acceptors (Lipinski definition) is 4. The van der Waals surface area contributed by atoms with Gasteiger partial charge in [-0.05, 0) is 19.4 Å². The van der Waals surface area contributed by atoms with Crippen LogP contribution in [0.5, 0.6) is 0 Å². The SMILES string of the molecule is CCCN(c1nccs1)C1CCNC1. The number of thiazole rings is 1. The second kappa shape index (κ2) is 4.75. The molecule has 0 radical (unpaired) electrons. The zero-order valence-corrected chi connectivity index (χ0v) is 9.39. The van der Waals surface area contributed by atoms with E-state index >= 15 is 0 Å². The Morgan fingerprint density at radius 1 is 1.71 bits per heavy atom. The topological polar surface area (TPSA) is 28.2 Å². The Morgan fingerprint density at radius 3 is 3.21 bits per heavy atom. The van der Waals surface area contributed by atoms with Crippen LogP contribution in [0, 0.1) is 0 Å². The van der Waals surface area contributed by atoms with E-state index in [2.05, 4.69) is 27.5 Å². The molecule has 0 saturated carbocycles. The second-order valence-electron chi connectivity index (χ2n) is 3.65. The van der Waals surface area contributed by atoms with E-state index in [1.54, 1.807) is 11.3 Å². The largest absolute Gasteiger partial charge is 0.344 e. The maximum atomic E-state index is 4.40. The predicted molar refractivity (Wildman–Crippen MR) is 61.0 cm³/mol. The van der Waals surface area contributed by atoms with Gasteiger partial charge in [0.2, 0.25) is 0 Å². The van der Waals surface area contributed by atoms with Crippen molar-refractivity contribution in [2.75, 3.05) is 24.5 Å². The van der Waals surface area contributed by atoms with Crippen molar-refractivity contribution in [2.45, 2.75) is 25.8 Å². The van der Waals surface area contributed by atoms with Crippen LogP contribution in [-0.2, 0) is 0 Å². The summed E-state index contributed by atoms with van der Waals surface area (Å²) >= 11 is 1.74. The summed E-state index contributed by atoms with van der Waals surface area (Å²) in [5.41, 5.74) is 0. The highest BCUT2D eigenvalue weighted by Crippen LogP contribution is 2.22. The van der Waals surface area contributed by atoms with E-state index in [0.29, 0.717) is 6.04 Å². The highest BCUT2D eigenvalue weighted by atomic mass is 32.1. The first-order valence-electron chi connectivity index (χ1n) is 5.28. The maximum Gasteiger partial charge on any atom is 0.185 e. The number of nitrogens with zero attached hydrogens (tertiary/aromatic N) is 2. The van der Waals surface area contributed by atoms with Crippen molar-refractivity contribution < 1.29 is 0 Å². The van der Waals surface area contributed by atoms with Gasteiger partial charge in [-0.25, -0.2) is 4.98 Å². The van der Waals surface area contributed by atoms with Gasteiger partial charge in [-0.1, -0.05) is 6.92 Å². The lowest BCUT2D eigenvalue weighted by atomic mass is 10.2. The lowest BCUT2D eigenvalue weighted by Gasteiger charge is -2.27. The third-order valence-corrected chi connectivity index (χ3v) is 3.41. The molecule has 0 aromatic carbocycles. The van der Waals surface area contributed by atoms with Gasteiger partial charge in [0.15, 0.2) is 5.13 Å². The molecule has 1 saturated heterocycles. The summed E-state index contributed by atoms with van der Waals surface area (Å²) in [5, 5.41) is 6.65. The van der Waals surface area contributed by atoms with Gasteiger partial charge in [-0.3, -0.25) is 0 Å². The van der Waals surface area contributed by atoms with Crippen molar-refractivity contribution in [3.63, 3.8) is 0 Å². The monoisotopic (exact) mass is 211 g/mol. The van der Waals surface area contributed by atoms with Gasteiger partial charge in [0.05, 0.1) is 0 Å². The summed E-state index contributed by atoms with van der Waals surface area (Å²) in [6, 6.07) is 0.654. The Kier molecular flexibility index (Phi) is 3.37. The van der Waals surface area contributed by atoms with Gasteiger partial charge in [0, 0.05) is 30.7 Å². The molecule has 0 spiro atoms. The number of rotatable bonds is 4. The number of hydrogen-bond donors (Lipinski definition) is 1. The van der Waals surface area contributed by atoms with Crippen LogP contribution in [-0.4, -0.2) is 30.7 Å². The molecule has 3 nitrogen and oxygen atoms in total. The third kappa shape index (κ3) is 2.07. The van der Waals surface area contributed by atoms with Crippen molar-refractivity contribution in [1.29, 1.82) is 0 Å². The van der Waals surface area contributed by atoms with E-state index < -0.39 is 0 Å². The van der Waals surface area contributed by atoms with Crippen LogP contribution < -0.4 is 10.2 Å². The standard InChI is InChI=1S/C10H17N3S/c1-2-6-13(9-3-4-11-8-9)10-12-5-7-14-10/h5,7,9,11H,2-4,6,8H2,1H3. The van der Waals surface area contributed by atoms with Crippen molar-refractivity contribution in [3.05, 3.63) is 11.6 Å². The van der Waals surface area contributed by atoms with Crippen LogP contribution in [0.3, 0.4) is 0 Å². The highest BCUT2D eigenvalue weighted by Gasteiger charge is 2.23. The molecular weight excluding hydrogens is 194 g/mol. The molecule has 2 rings (SSSR count). The first-order valence-corrected chi connectivity index (χ1v) is 6.16. The average molecular weight is 211 g/mol. The normalized spacial score (nSPS) is 21.4. The molecule has 0 amide bonds. The van der Waals surface area contributed by atoms with Gasteiger partial charge in [0.1, 0.15) is 0 Å². The molecule has 1 aliphatic rings. The zero-order chi connectivity index (χ0) is 9.80. The van der Waals surface area contributed by atoms with Crippen molar-refractivity contribution in [1.82, 2.24) is 10.3 Å². The van der Waals surface area contributed by atoms with E-state index in [9.17, 15) is 0 Å². The molecule has 0 bridgehead atoms. The van der Waals surface area contributed by atoms with E-state index in [1.165, 1.54) is 18.0 Å². The minimum atomic E-state index is 0.654. The van der Waals surface area contributed by atoms with Crippen LogP contribution in [0.1, 0.15) is 19.8 Å². The van der Waals surface area contributed by atoms with Crippen LogP contribution in [0.4, 0.5) is 5.13 Å². The smallest absolute Gasteiger partial charge is 0.185 e. The van der Waals surface area contributed by atoms with Crippen LogP contribution in [0.2, 0.25) is 0 Å². The van der Waals surface area contributed by atoms with Gasteiger partial charge in [0.25, 0.3) is 0 Å². The first kappa shape index (κ1) is 9.93. The average Bonchev–Trinajstić information content (AvgIpc) is 2.87. The molecule has 1 unspecified atom stereocenters. The molecule has 1 aromatic heterocycles. The van der Waals surface area contributed by atoms with Crippen molar-refractivity contribution >= 4 is 16.5 Å². The summed E-state index contributed by atoms with van der Waals surface area (Å²) in [4.78, 5) is 6.85. The molecule has 4 heteroatoms. The lowest BCUT2D eigenvalue weighted by Crippen LogP contribution is -2.37. The van der Waals surface area contributed by atoms with Gasteiger partial charge in [-0.15, -0.1) is 11.3 Å². The van der Waals surface area contributed by atoms with Crippen LogP contribution >= 0.6 is 11.3 Å². The zero-order valence-electron chi connectivity index (χ0n) is 8.57. The Hall–Kier alpha value is -0.610. The quantitative estimate of drug-likeness (QED) is 0.822.